The van der Waals surface area contributed by atoms with Gasteiger partial charge in [-0.2, -0.15) is 0 Å². The summed E-state index contributed by atoms with van der Waals surface area (Å²) < 4.78 is 3.01. The van der Waals surface area contributed by atoms with E-state index in [-0.39, 0.29) is 5.91 Å². The zero-order chi connectivity index (χ0) is 9.26. The predicted octanol–water partition coefficient (Wildman–Crippen LogP) is 1.37. The highest BCUT2D eigenvalue weighted by molar-refractivity contribution is 7.97. The summed E-state index contributed by atoms with van der Waals surface area (Å²) in [5.41, 5.74) is 6.74. The van der Waals surface area contributed by atoms with E-state index in [1.54, 1.807) is 12.1 Å². The van der Waals surface area contributed by atoms with Gasteiger partial charge in [0.25, 0.3) is 0 Å². The lowest BCUT2D eigenvalue weighted by Gasteiger charge is -2.10. The van der Waals surface area contributed by atoms with Crippen molar-refractivity contribution in [3.63, 3.8) is 0 Å². The largest absolute Gasteiger partial charge is 0.366 e. The molecule has 1 aliphatic heterocycles. The molecule has 0 atom stereocenters. The molecule has 13 heavy (non-hydrogen) atoms. The second kappa shape index (κ2) is 3.14. The Morgan fingerprint density at radius 2 is 2.31 bits per heavy atom. The Bertz CT molecular complexity index is 387. The first kappa shape index (κ1) is 8.19. The van der Waals surface area contributed by atoms with Crippen LogP contribution in [0.4, 0.5) is 0 Å². The molecule has 4 heteroatoms. The monoisotopic (exact) mass is 192 g/mol. The van der Waals surface area contributed by atoms with Gasteiger partial charge >= 0.3 is 0 Å². The lowest BCUT2D eigenvalue weighted by Crippen LogP contribution is -2.11. The minimum atomic E-state index is -0.389. The highest BCUT2D eigenvalue weighted by atomic mass is 32.2. The van der Waals surface area contributed by atoms with Crippen molar-refractivity contribution < 1.29 is 4.79 Å². The molecule has 1 heterocycles. The van der Waals surface area contributed by atoms with Gasteiger partial charge < -0.3 is 10.5 Å². The van der Waals surface area contributed by atoms with E-state index >= 15 is 0 Å². The maximum atomic E-state index is 10.9. The molecule has 0 aromatic heterocycles. The molecule has 66 valence electrons. The van der Waals surface area contributed by atoms with Crippen molar-refractivity contribution in [2.24, 2.45) is 5.73 Å². The standard InChI is InChI=1S/C9H8N2OS/c10-9(12)7-1-2-8-6(5-7)3-4-11-13-8/h1-5,11H,(H2,10,12). The molecular weight excluding hydrogens is 184 g/mol. The van der Waals surface area contributed by atoms with Crippen LogP contribution < -0.4 is 10.5 Å². The molecule has 0 spiro atoms. The van der Waals surface area contributed by atoms with Crippen molar-refractivity contribution in [1.82, 2.24) is 4.72 Å². The number of hydrogen-bond acceptors (Lipinski definition) is 3. The van der Waals surface area contributed by atoms with Crippen LogP contribution in [0.3, 0.4) is 0 Å². The van der Waals surface area contributed by atoms with Gasteiger partial charge in [0.2, 0.25) is 5.91 Å². The van der Waals surface area contributed by atoms with Crippen LogP contribution in [-0.2, 0) is 0 Å². The number of hydrogen-bond donors (Lipinski definition) is 2. The summed E-state index contributed by atoms with van der Waals surface area (Å²) in [7, 11) is 0. The minimum absolute atomic E-state index is 0.389. The number of benzene rings is 1. The molecule has 0 radical (unpaired) electrons. The Balaban J connectivity index is 2.48. The first-order chi connectivity index (χ1) is 6.27. The van der Waals surface area contributed by atoms with Gasteiger partial charge in [-0.1, -0.05) is 0 Å². The molecule has 3 nitrogen and oxygen atoms in total. The Morgan fingerprint density at radius 1 is 1.46 bits per heavy atom. The van der Waals surface area contributed by atoms with E-state index in [4.69, 9.17) is 5.73 Å². The Labute approximate surface area is 80.1 Å². The Morgan fingerprint density at radius 3 is 3.08 bits per heavy atom. The summed E-state index contributed by atoms with van der Waals surface area (Å²) in [6.45, 7) is 0. The quantitative estimate of drug-likeness (QED) is 0.661. The molecule has 0 bridgehead atoms. The number of nitrogens with one attached hydrogen (secondary N) is 1. The summed E-state index contributed by atoms with van der Waals surface area (Å²) in [5, 5.41) is 0. The minimum Gasteiger partial charge on any atom is -0.366 e. The van der Waals surface area contributed by atoms with E-state index in [2.05, 4.69) is 4.72 Å². The van der Waals surface area contributed by atoms with Crippen molar-refractivity contribution in [2.45, 2.75) is 4.90 Å². The van der Waals surface area contributed by atoms with Crippen LogP contribution in [0.15, 0.2) is 29.3 Å². The number of primary amides is 1. The average Bonchev–Trinajstić information content (AvgIpc) is 2.17. The van der Waals surface area contributed by atoms with Crippen LogP contribution in [0, 0.1) is 0 Å². The van der Waals surface area contributed by atoms with Gasteiger partial charge in [0, 0.05) is 16.7 Å². The van der Waals surface area contributed by atoms with Gasteiger partial charge in [-0.3, -0.25) is 4.79 Å². The molecule has 0 fully saturated rings. The Hall–Kier alpha value is -1.42. The number of nitrogens with two attached hydrogens (primary N) is 1. The normalized spacial score (nSPS) is 13.2. The lowest BCUT2D eigenvalue weighted by atomic mass is 10.1. The molecule has 3 N–H and O–H groups in total. The van der Waals surface area contributed by atoms with Crippen molar-refractivity contribution >= 4 is 23.9 Å². The fourth-order valence-corrected chi connectivity index (χ4v) is 1.79. The summed E-state index contributed by atoms with van der Waals surface area (Å²) in [6.07, 6.45) is 3.75. The third kappa shape index (κ3) is 1.53. The van der Waals surface area contributed by atoms with Gasteiger partial charge in [-0.05, 0) is 41.8 Å². The summed E-state index contributed by atoms with van der Waals surface area (Å²) >= 11 is 1.52. The summed E-state index contributed by atoms with van der Waals surface area (Å²) in [5.74, 6) is -0.389. The SMILES string of the molecule is NC(=O)c1ccc2c(c1)C=CNS2. The highest BCUT2D eigenvalue weighted by Crippen LogP contribution is 2.25. The average molecular weight is 192 g/mol. The third-order valence-electron chi connectivity index (χ3n) is 1.79. The third-order valence-corrected chi connectivity index (χ3v) is 2.64. The van der Waals surface area contributed by atoms with E-state index in [0.29, 0.717) is 5.56 Å². The number of carbonyl (C=O) groups is 1. The maximum Gasteiger partial charge on any atom is 0.248 e. The fraction of sp³-hybridized carbons (Fsp3) is 0. The highest BCUT2D eigenvalue weighted by Gasteiger charge is 2.07. The molecule has 1 aromatic carbocycles. The number of fused-ring (bicyclic) bond motifs is 1. The summed E-state index contributed by atoms with van der Waals surface area (Å²) in [4.78, 5) is 12.0. The van der Waals surface area contributed by atoms with Crippen molar-refractivity contribution in [3.05, 3.63) is 35.5 Å². The van der Waals surface area contributed by atoms with E-state index in [0.717, 1.165) is 10.5 Å². The van der Waals surface area contributed by atoms with Crippen LogP contribution >= 0.6 is 11.9 Å². The molecule has 1 aromatic rings. The van der Waals surface area contributed by atoms with Crippen molar-refractivity contribution in [3.8, 4) is 0 Å². The van der Waals surface area contributed by atoms with E-state index in [1.165, 1.54) is 11.9 Å². The first-order valence-electron chi connectivity index (χ1n) is 3.80. The second-order valence-corrected chi connectivity index (χ2v) is 3.55. The predicted molar refractivity (Wildman–Crippen MR) is 53.0 cm³/mol. The van der Waals surface area contributed by atoms with Crippen LogP contribution in [-0.4, -0.2) is 5.91 Å². The smallest absolute Gasteiger partial charge is 0.248 e. The van der Waals surface area contributed by atoms with Crippen LogP contribution in [0.2, 0.25) is 0 Å². The Kier molecular flexibility index (Phi) is 1.98. The molecule has 1 amide bonds. The molecule has 0 aliphatic carbocycles. The summed E-state index contributed by atoms with van der Waals surface area (Å²) in [6, 6.07) is 5.41. The maximum absolute atomic E-state index is 10.9. The molecule has 0 saturated heterocycles. The van der Waals surface area contributed by atoms with E-state index < -0.39 is 0 Å². The van der Waals surface area contributed by atoms with E-state index in [1.807, 2.05) is 18.3 Å². The zero-order valence-corrected chi connectivity index (χ0v) is 7.60. The van der Waals surface area contributed by atoms with Gasteiger partial charge in [-0.25, -0.2) is 0 Å². The van der Waals surface area contributed by atoms with Gasteiger partial charge in [-0.15, -0.1) is 0 Å². The molecule has 2 rings (SSSR count). The first-order valence-corrected chi connectivity index (χ1v) is 4.62. The number of rotatable bonds is 1. The molecule has 0 unspecified atom stereocenters. The molecule has 0 saturated carbocycles. The molecule has 1 aliphatic rings. The van der Waals surface area contributed by atoms with Crippen LogP contribution in [0.25, 0.3) is 6.08 Å². The number of carbonyl (C=O) groups excluding carboxylic acids is 1. The van der Waals surface area contributed by atoms with Crippen LogP contribution in [0.1, 0.15) is 15.9 Å². The van der Waals surface area contributed by atoms with Gasteiger partial charge in [0.15, 0.2) is 0 Å². The topological polar surface area (TPSA) is 55.1 Å². The fourth-order valence-electron chi connectivity index (χ4n) is 1.15. The van der Waals surface area contributed by atoms with Gasteiger partial charge in [0.1, 0.15) is 0 Å². The van der Waals surface area contributed by atoms with E-state index in [9.17, 15) is 4.79 Å². The lowest BCUT2D eigenvalue weighted by molar-refractivity contribution is 0.1000. The second-order valence-electron chi connectivity index (χ2n) is 2.67. The zero-order valence-electron chi connectivity index (χ0n) is 6.78. The van der Waals surface area contributed by atoms with Crippen molar-refractivity contribution in [2.75, 3.05) is 0 Å². The number of amides is 1. The van der Waals surface area contributed by atoms with Gasteiger partial charge in [0.05, 0.1) is 0 Å². The van der Waals surface area contributed by atoms with Crippen LogP contribution in [0.5, 0.6) is 0 Å². The molecular formula is C9H8N2OS. The van der Waals surface area contributed by atoms with Crippen molar-refractivity contribution in [1.29, 1.82) is 0 Å².